The van der Waals surface area contributed by atoms with Crippen molar-refractivity contribution in [1.29, 1.82) is 0 Å². The van der Waals surface area contributed by atoms with Crippen LogP contribution in [0, 0.1) is 0 Å². The minimum Gasteiger partial charge on any atom is -0.497 e. The van der Waals surface area contributed by atoms with Crippen LogP contribution in [0.1, 0.15) is 0 Å². The molecule has 1 aliphatic rings. The molecule has 1 amide bonds. The highest BCUT2D eigenvalue weighted by molar-refractivity contribution is 7.17. The third kappa shape index (κ3) is 3.90. The molecule has 7 nitrogen and oxygen atoms in total. The lowest BCUT2D eigenvalue weighted by atomic mass is 10.1. The van der Waals surface area contributed by atoms with E-state index in [0.29, 0.717) is 53.9 Å². The zero-order chi connectivity index (χ0) is 20.4. The maximum absolute atomic E-state index is 12.7. The van der Waals surface area contributed by atoms with E-state index in [2.05, 4.69) is 11.9 Å². The van der Waals surface area contributed by atoms with Crippen LogP contribution in [0.4, 0.5) is 11.6 Å². The SMILES string of the molecule is C=CC(=O)Nc1cc(OC)cc(-c2csc3c(=O)cc(N4CCOCC4)oc23)c1. The summed E-state index contributed by atoms with van der Waals surface area (Å²) in [5.41, 5.74) is 2.56. The molecule has 1 fully saturated rings. The summed E-state index contributed by atoms with van der Waals surface area (Å²) in [5, 5.41) is 4.62. The molecule has 0 spiro atoms. The maximum Gasteiger partial charge on any atom is 0.247 e. The Morgan fingerprint density at radius 3 is 2.79 bits per heavy atom. The van der Waals surface area contributed by atoms with Crippen LogP contribution in [0.25, 0.3) is 21.4 Å². The topological polar surface area (TPSA) is 81.0 Å². The number of amides is 1. The molecule has 0 bridgehead atoms. The Morgan fingerprint density at radius 1 is 1.28 bits per heavy atom. The first-order valence-electron chi connectivity index (χ1n) is 9.10. The summed E-state index contributed by atoms with van der Waals surface area (Å²) in [7, 11) is 1.56. The predicted octanol–water partition coefficient (Wildman–Crippen LogP) is 3.49. The number of thiophene rings is 1. The van der Waals surface area contributed by atoms with Crippen LogP contribution in [0.15, 0.2) is 51.5 Å². The summed E-state index contributed by atoms with van der Waals surface area (Å²) in [6.07, 6.45) is 1.20. The number of rotatable bonds is 5. The van der Waals surface area contributed by atoms with Crippen LogP contribution in [0.2, 0.25) is 0 Å². The van der Waals surface area contributed by atoms with Gasteiger partial charge in [0.1, 0.15) is 10.4 Å². The summed E-state index contributed by atoms with van der Waals surface area (Å²) in [4.78, 5) is 26.4. The lowest BCUT2D eigenvalue weighted by molar-refractivity contribution is -0.111. The molecule has 2 aromatic heterocycles. The first-order valence-corrected chi connectivity index (χ1v) is 9.98. The van der Waals surface area contributed by atoms with Gasteiger partial charge in [-0.3, -0.25) is 9.59 Å². The molecular weight excluding hydrogens is 392 g/mol. The highest BCUT2D eigenvalue weighted by Gasteiger charge is 2.19. The molecule has 0 atom stereocenters. The summed E-state index contributed by atoms with van der Waals surface area (Å²) in [6, 6.07) is 6.91. The quantitative estimate of drug-likeness (QED) is 0.646. The van der Waals surface area contributed by atoms with E-state index in [9.17, 15) is 9.59 Å². The third-order valence-corrected chi connectivity index (χ3v) is 5.64. The van der Waals surface area contributed by atoms with Crippen molar-refractivity contribution < 1.29 is 18.7 Å². The van der Waals surface area contributed by atoms with Crippen LogP contribution in [-0.4, -0.2) is 39.3 Å². The molecule has 3 heterocycles. The molecule has 1 saturated heterocycles. The van der Waals surface area contributed by atoms with Gasteiger partial charge in [0.25, 0.3) is 0 Å². The van der Waals surface area contributed by atoms with E-state index in [1.807, 2.05) is 22.4 Å². The Balaban J connectivity index is 1.82. The van der Waals surface area contributed by atoms with Gasteiger partial charge in [0.2, 0.25) is 11.3 Å². The number of nitrogens with zero attached hydrogens (tertiary/aromatic N) is 1. The van der Waals surface area contributed by atoms with Crippen LogP contribution in [0.3, 0.4) is 0 Å². The minimum atomic E-state index is -0.319. The van der Waals surface area contributed by atoms with Crippen molar-refractivity contribution in [2.75, 3.05) is 43.6 Å². The highest BCUT2D eigenvalue weighted by Crippen LogP contribution is 2.37. The maximum atomic E-state index is 12.7. The lowest BCUT2D eigenvalue weighted by Gasteiger charge is -2.27. The molecule has 3 aromatic rings. The van der Waals surface area contributed by atoms with Gasteiger partial charge in [-0.15, -0.1) is 11.3 Å². The van der Waals surface area contributed by atoms with Crippen molar-refractivity contribution in [3.8, 4) is 16.9 Å². The van der Waals surface area contributed by atoms with Gasteiger partial charge in [0.15, 0.2) is 11.5 Å². The standard InChI is InChI=1S/C21H20N2O5S/c1-3-18(25)22-14-8-13(9-15(10-14)26-2)16-12-29-21-17(24)11-19(28-20(16)21)23-4-6-27-7-5-23/h3,8-12H,1,4-7H2,2H3,(H,22,25). The van der Waals surface area contributed by atoms with Gasteiger partial charge in [-0.25, -0.2) is 0 Å². The van der Waals surface area contributed by atoms with E-state index in [1.54, 1.807) is 13.2 Å². The van der Waals surface area contributed by atoms with Crippen LogP contribution in [-0.2, 0) is 9.53 Å². The Morgan fingerprint density at radius 2 is 2.07 bits per heavy atom. The minimum absolute atomic E-state index is 0.0768. The van der Waals surface area contributed by atoms with Crippen LogP contribution in [0.5, 0.6) is 5.75 Å². The Hall–Kier alpha value is -3.10. The Kier molecular flexibility index (Phi) is 5.37. The van der Waals surface area contributed by atoms with E-state index in [1.165, 1.54) is 23.5 Å². The van der Waals surface area contributed by atoms with Crippen molar-refractivity contribution in [3.63, 3.8) is 0 Å². The van der Waals surface area contributed by atoms with Crippen molar-refractivity contribution in [2.24, 2.45) is 0 Å². The molecule has 1 N–H and O–H groups in total. The van der Waals surface area contributed by atoms with Crippen LogP contribution >= 0.6 is 11.3 Å². The van der Waals surface area contributed by atoms with Gasteiger partial charge in [-0.05, 0) is 23.8 Å². The predicted molar refractivity (Wildman–Crippen MR) is 114 cm³/mol. The first-order chi connectivity index (χ1) is 14.1. The van der Waals surface area contributed by atoms with Gasteiger partial charge >= 0.3 is 0 Å². The van der Waals surface area contributed by atoms with Crippen LogP contribution < -0.4 is 20.4 Å². The second-order valence-corrected chi connectivity index (χ2v) is 7.38. The second kappa shape index (κ2) is 8.10. The number of anilines is 2. The van der Waals surface area contributed by atoms with E-state index in [0.717, 1.165) is 11.1 Å². The molecule has 1 aliphatic heterocycles. The number of hydrogen-bond acceptors (Lipinski definition) is 7. The number of hydrogen-bond donors (Lipinski definition) is 1. The summed E-state index contributed by atoms with van der Waals surface area (Å²) in [5.74, 6) is 0.793. The molecule has 150 valence electrons. The summed E-state index contributed by atoms with van der Waals surface area (Å²) < 4.78 is 17.5. The van der Waals surface area contributed by atoms with E-state index in [-0.39, 0.29) is 11.3 Å². The average Bonchev–Trinajstić information content (AvgIpc) is 3.18. The fourth-order valence-corrected chi connectivity index (χ4v) is 4.12. The molecule has 4 rings (SSSR count). The molecular formula is C21H20N2O5S. The number of methoxy groups -OCH3 is 1. The first kappa shape index (κ1) is 19.2. The van der Waals surface area contributed by atoms with Crippen molar-refractivity contribution in [2.45, 2.75) is 0 Å². The van der Waals surface area contributed by atoms with E-state index in [4.69, 9.17) is 13.9 Å². The third-order valence-electron chi connectivity index (χ3n) is 4.66. The van der Waals surface area contributed by atoms with Gasteiger partial charge in [-0.1, -0.05) is 6.58 Å². The molecule has 8 heteroatoms. The summed E-state index contributed by atoms with van der Waals surface area (Å²) >= 11 is 1.33. The van der Waals surface area contributed by atoms with Crippen molar-refractivity contribution in [1.82, 2.24) is 0 Å². The van der Waals surface area contributed by atoms with Gasteiger partial charge in [0, 0.05) is 41.9 Å². The number of carbonyl (C=O) groups is 1. The van der Waals surface area contributed by atoms with E-state index >= 15 is 0 Å². The molecule has 0 radical (unpaired) electrons. The second-order valence-electron chi connectivity index (χ2n) is 6.50. The van der Waals surface area contributed by atoms with Gasteiger partial charge < -0.3 is 24.1 Å². The largest absolute Gasteiger partial charge is 0.497 e. The number of fused-ring (bicyclic) bond motifs is 1. The Labute approximate surface area is 171 Å². The lowest BCUT2D eigenvalue weighted by Crippen LogP contribution is -2.36. The number of carbonyl (C=O) groups excluding carboxylic acids is 1. The molecule has 1 aromatic carbocycles. The number of benzene rings is 1. The van der Waals surface area contributed by atoms with Gasteiger partial charge in [-0.2, -0.15) is 0 Å². The molecule has 29 heavy (non-hydrogen) atoms. The molecule has 0 saturated carbocycles. The molecule has 0 aliphatic carbocycles. The van der Waals surface area contributed by atoms with Crippen molar-refractivity contribution >= 4 is 39.1 Å². The van der Waals surface area contributed by atoms with Crippen molar-refractivity contribution in [3.05, 3.63) is 52.5 Å². The normalized spacial score (nSPS) is 14.0. The highest BCUT2D eigenvalue weighted by atomic mass is 32.1. The number of nitrogens with one attached hydrogen (secondary N) is 1. The smallest absolute Gasteiger partial charge is 0.247 e. The number of ether oxygens (including phenoxy) is 2. The average molecular weight is 412 g/mol. The monoisotopic (exact) mass is 412 g/mol. The van der Waals surface area contributed by atoms with E-state index < -0.39 is 0 Å². The fraction of sp³-hybridized carbons (Fsp3) is 0.238. The van der Waals surface area contributed by atoms with Gasteiger partial charge in [0.05, 0.1) is 20.3 Å². The fourth-order valence-electron chi connectivity index (χ4n) is 3.21. The summed E-state index contributed by atoms with van der Waals surface area (Å²) in [6.45, 7) is 6.01. The zero-order valence-corrected chi connectivity index (χ0v) is 16.7. The number of morpholine rings is 1. The molecule has 0 unspecified atom stereocenters. The zero-order valence-electron chi connectivity index (χ0n) is 15.9. The Bertz CT molecular complexity index is 1130.